The van der Waals surface area contributed by atoms with Crippen molar-refractivity contribution < 1.29 is 19.8 Å². The van der Waals surface area contributed by atoms with Crippen LogP contribution in [0.1, 0.15) is 77.6 Å². The summed E-state index contributed by atoms with van der Waals surface area (Å²) in [6, 6.07) is 0. The van der Waals surface area contributed by atoms with E-state index in [0.717, 1.165) is 57.8 Å². The summed E-state index contributed by atoms with van der Waals surface area (Å²) >= 11 is 0. The fourth-order valence-electron chi connectivity index (χ4n) is 2.23. The summed E-state index contributed by atoms with van der Waals surface area (Å²) < 4.78 is 0. The molecule has 0 bridgehead atoms. The lowest BCUT2D eigenvalue weighted by atomic mass is 9.98. The summed E-state index contributed by atoms with van der Waals surface area (Å²) in [6.45, 7) is 1.93. The van der Waals surface area contributed by atoms with Gasteiger partial charge in [0.15, 0.2) is 0 Å². The average Bonchev–Trinajstić information content (AvgIpc) is 2.35. The quantitative estimate of drug-likeness (QED) is 0.495. The number of hydrogen-bond donors (Lipinski definition) is 2. The van der Waals surface area contributed by atoms with Crippen LogP contribution in [0.2, 0.25) is 0 Å². The third-order valence-electron chi connectivity index (χ3n) is 3.54. The molecule has 0 aliphatic carbocycles. The third-order valence-corrected chi connectivity index (χ3v) is 3.54. The molecule has 0 saturated carbocycles. The molecule has 0 saturated heterocycles. The van der Waals surface area contributed by atoms with Gasteiger partial charge in [0, 0.05) is 6.42 Å². The van der Waals surface area contributed by atoms with Gasteiger partial charge in [-0.25, -0.2) is 0 Å². The monoisotopic (exact) mass is 272 g/mol. The van der Waals surface area contributed by atoms with Crippen molar-refractivity contribution in [1.82, 2.24) is 0 Å². The predicted molar refractivity (Wildman–Crippen MR) is 75.2 cm³/mol. The molecule has 0 rings (SSSR count). The van der Waals surface area contributed by atoms with Gasteiger partial charge in [-0.2, -0.15) is 0 Å². The molecule has 1 atom stereocenters. The maximum absolute atomic E-state index is 10.8. The largest absolute Gasteiger partial charge is 0.481 e. The molecular formula is C15H28O4. The van der Waals surface area contributed by atoms with Gasteiger partial charge in [0.2, 0.25) is 0 Å². The Hall–Kier alpha value is -1.06. The minimum absolute atomic E-state index is 0.170. The van der Waals surface area contributed by atoms with Crippen molar-refractivity contribution in [3.05, 3.63) is 0 Å². The first-order chi connectivity index (χ1) is 9.07. The molecule has 0 fully saturated rings. The molecule has 4 nitrogen and oxygen atoms in total. The molecule has 0 aromatic heterocycles. The molecule has 1 unspecified atom stereocenters. The average molecular weight is 272 g/mol. The second-order valence-electron chi connectivity index (χ2n) is 5.20. The SMILES string of the molecule is CCC(CCCCCCCCCCC(=O)O)C(=O)O. The Labute approximate surface area is 116 Å². The minimum Gasteiger partial charge on any atom is -0.481 e. The van der Waals surface area contributed by atoms with Crippen LogP contribution in [0.5, 0.6) is 0 Å². The highest BCUT2D eigenvalue weighted by molar-refractivity contribution is 5.69. The Kier molecular flexibility index (Phi) is 11.3. The first-order valence-electron chi connectivity index (χ1n) is 7.52. The fraction of sp³-hybridized carbons (Fsp3) is 0.867. The van der Waals surface area contributed by atoms with Crippen LogP contribution in [0, 0.1) is 5.92 Å². The molecule has 0 heterocycles. The molecular weight excluding hydrogens is 244 g/mol. The van der Waals surface area contributed by atoms with Gasteiger partial charge in [0.1, 0.15) is 0 Å². The first-order valence-corrected chi connectivity index (χ1v) is 7.52. The molecule has 0 aromatic rings. The van der Waals surface area contributed by atoms with Gasteiger partial charge < -0.3 is 10.2 Å². The normalized spacial score (nSPS) is 12.3. The lowest BCUT2D eigenvalue weighted by molar-refractivity contribution is -0.142. The zero-order chi connectivity index (χ0) is 14.5. The minimum atomic E-state index is -0.705. The van der Waals surface area contributed by atoms with Gasteiger partial charge in [0.05, 0.1) is 5.92 Å². The molecule has 0 spiro atoms. The molecule has 0 radical (unpaired) electrons. The second-order valence-corrected chi connectivity index (χ2v) is 5.20. The maximum Gasteiger partial charge on any atom is 0.306 e. The first kappa shape index (κ1) is 17.9. The van der Waals surface area contributed by atoms with E-state index in [0.29, 0.717) is 0 Å². The Morgan fingerprint density at radius 3 is 1.74 bits per heavy atom. The molecule has 0 aromatic carbocycles. The highest BCUT2D eigenvalue weighted by atomic mass is 16.4. The Morgan fingerprint density at radius 1 is 0.842 bits per heavy atom. The highest BCUT2D eigenvalue weighted by Gasteiger charge is 2.13. The van der Waals surface area contributed by atoms with E-state index in [9.17, 15) is 9.59 Å². The molecule has 4 heteroatoms. The van der Waals surface area contributed by atoms with E-state index >= 15 is 0 Å². The van der Waals surface area contributed by atoms with Crippen molar-refractivity contribution in [1.29, 1.82) is 0 Å². The number of aliphatic carboxylic acids is 2. The number of carbonyl (C=O) groups is 2. The van der Waals surface area contributed by atoms with E-state index in [2.05, 4.69) is 0 Å². The van der Waals surface area contributed by atoms with Crippen molar-refractivity contribution in [2.24, 2.45) is 5.92 Å². The van der Waals surface area contributed by atoms with Gasteiger partial charge in [-0.15, -0.1) is 0 Å². The number of carboxylic acids is 2. The zero-order valence-corrected chi connectivity index (χ0v) is 12.1. The summed E-state index contributed by atoms with van der Waals surface area (Å²) in [4.78, 5) is 21.1. The maximum atomic E-state index is 10.8. The molecule has 0 aliphatic rings. The van der Waals surface area contributed by atoms with Gasteiger partial charge in [-0.1, -0.05) is 51.9 Å². The van der Waals surface area contributed by atoms with Gasteiger partial charge >= 0.3 is 11.9 Å². The Morgan fingerprint density at radius 2 is 1.32 bits per heavy atom. The topological polar surface area (TPSA) is 74.6 Å². The summed E-state index contributed by atoms with van der Waals surface area (Å²) in [7, 11) is 0. The molecule has 19 heavy (non-hydrogen) atoms. The van der Waals surface area contributed by atoms with Crippen molar-refractivity contribution in [2.45, 2.75) is 77.6 Å². The van der Waals surface area contributed by atoms with E-state index in [1.807, 2.05) is 6.92 Å². The summed E-state index contributed by atoms with van der Waals surface area (Å²) in [6.07, 6.45) is 10.3. The van der Waals surface area contributed by atoms with Crippen molar-refractivity contribution in [2.75, 3.05) is 0 Å². The van der Waals surface area contributed by atoms with Crippen molar-refractivity contribution in [3.63, 3.8) is 0 Å². The van der Waals surface area contributed by atoms with Crippen molar-refractivity contribution in [3.8, 4) is 0 Å². The van der Waals surface area contributed by atoms with E-state index < -0.39 is 11.9 Å². The van der Waals surface area contributed by atoms with Crippen LogP contribution in [-0.2, 0) is 9.59 Å². The highest BCUT2D eigenvalue weighted by Crippen LogP contribution is 2.15. The third kappa shape index (κ3) is 11.7. The lowest BCUT2D eigenvalue weighted by Crippen LogP contribution is -2.12. The van der Waals surface area contributed by atoms with Gasteiger partial charge in [-0.05, 0) is 19.3 Å². The van der Waals surface area contributed by atoms with Crippen LogP contribution < -0.4 is 0 Å². The number of hydrogen-bond acceptors (Lipinski definition) is 2. The van der Waals surface area contributed by atoms with Gasteiger partial charge in [-0.3, -0.25) is 9.59 Å². The molecule has 112 valence electrons. The number of rotatable bonds is 13. The van der Waals surface area contributed by atoms with Crippen LogP contribution in [0.15, 0.2) is 0 Å². The number of carboxylic acid groups (broad SMARTS) is 2. The van der Waals surface area contributed by atoms with Crippen LogP contribution in [0.25, 0.3) is 0 Å². The van der Waals surface area contributed by atoms with Crippen LogP contribution in [0.4, 0.5) is 0 Å². The van der Waals surface area contributed by atoms with Gasteiger partial charge in [0.25, 0.3) is 0 Å². The lowest BCUT2D eigenvalue weighted by Gasteiger charge is -2.08. The summed E-state index contributed by atoms with van der Waals surface area (Å²) in [5.41, 5.74) is 0. The standard InChI is InChI=1S/C15H28O4/c1-2-13(15(18)19)11-9-7-5-3-4-6-8-10-12-14(16)17/h13H,2-12H2,1H3,(H,16,17)(H,18,19). The second kappa shape index (κ2) is 12.0. The van der Waals surface area contributed by atoms with E-state index in [-0.39, 0.29) is 12.3 Å². The van der Waals surface area contributed by atoms with Crippen LogP contribution in [0.3, 0.4) is 0 Å². The smallest absolute Gasteiger partial charge is 0.306 e. The number of unbranched alkanes of at least 4 members (excludes halogenated alkanes) is 7. The van der Waals surface area contributed by atoms with Crippen LogP contribution in [-0.4, -0.2) is 22.2 Å². The van der Waals surface area contributed by atoms with E-state index in [1.165, 1.54) is 6.42 Å². The Balaban J connectivity index is 3.23. The molecule has 0 amide bonds. The Bertz CT molecular complexity index is 251. The van der Waals surface area contributed by atoms with E-state index in [1.54, 1.807) is 0 Å². The van der Waals surface area contributed by atoms with Crippen LogP contribution >= 0.6 is 0 Å². The predicted octanol–water partition coefficient (Wildman–Crippen LogP) is 4.08. The zero-order valence-electron chi connectivity index (χ0n) is 12.1. The molecule has 2 N–H and O–H groups in total. The van der Waals surface area contributed by atoms with Crippen molar-refractivity contribution >= 4 is 11.9 Å². The summed E-state index contributed by atoms with van der Waals surface area (Å²) in [5, 5.41) is 17.4. The van der Waals surface area contributed by atoms with E-state index in [4.69, 9.17) is 10.2 Å². The fourth-order valence-corrected chi connectivity index (χ4v) is 2.23. The summed E-state index contributed by atoms with van der Waals surface area (Å²) in [5.74, 6) is -1.54. The molecule has 0 aliphatic heterocycles.